The molecule has 1 heterocycles. The normalized spacial score (nSPS) is 16.2. The van der Waals surface area contributed by atoms with Crippen molar-refractivity contribution in [2.75, 3.05) is 13.2 Å². The van der Waals surface area contributed by atoms with Gasteiger partial charge < -0.3 is 9.31 Å². The molecule has 0 aliphatic carbocycles. The predicted octanol–water partition coefficient (Wildman–Crippen LogP) is 1.07. The molecule has 1 aliphatic rings. The first-order valence-corrected chi connectivity index (χ1v) is 4.36. The average molecular weight is 174 g/mol. The lowest BCUT2D eigenvalue weighted by Crippen LogP contribution is -2.31. The number of hydrogen-bond acceptors (Lipinski definition) is 2. The molecule has 1 aliphatic heterocycles. The Balaban J connectivity index is 2.16. The lowest BCUT2D eigenvalue weighted by Gasteiger charge is -2.03. The van der Waals surface area contributed by atoms with Crippen molar-refractivity contribution in [3.63, 3.8) is 0 Å². The molecule has 0 spiro atoms. The van der Waals surface area contributed by atoms with Crippen LogP contribution in [0.25, 0.3) is 6.08 Å². The van der Waals surface area contributed by atoms with Crippen LogP contribution in [0.2, 0.25) is 0 Å². The molecular formula is C10H11BO2. The summed E-state index contributed by atoms with van der Waals surface area (Å²) in [6.45, 7) is 5.07. The Labute approximate surface area is 78.3 Å². The maximum absolute atomic E-state index is 5.36. The Morgan fingerprint density at radius 3 is 2.31 bits per heavy atom. The molecule has 2 nitrogen and oxygen atoms in total. The summed E-state index contributed by atoms with van der Waals surface area (Å²) in [6.07, 6.45) is 1.82. The van der Waals surface area contributed by atoms with E-state index in [0.29, 0.717) is 13.2 Å². The number of rotatable bonds is 2. The van der Waals surface area contributed by atoms with Crippen molar-refractivity contribution < 1.29 is 9.31 Å². The highest BCUT2D eigenvalue weighted by atomic mass is 16.6. The Bertz CT molecular complexity index is 288. The lowest BCUT2D eigenvalue weighted by atomic mass is 9.79. The summed E-state index contributed by atoms with van der Waals surface area (Å²) in [5.74, 6) is 0. The van der Waals surface area contributed by atoms with Crippen LogP contribution >= 0.6 is 0 Å². The van der Waals surface area contributed by atoms with Crippen molar-refractivity contribution in [1.82, 2.24) is 0 Å². The molecule has 0 amide bonds. The molecule has 66 valence electrons. The van der Waals surface area contributed by atoms with Gasteiger partial charge >= 0.3 is 7.12 Å². The van der Waals surface area contributed by atoms with Crippen LogP contribution in [0.3, 0.4) is 0 Å². The van der Waals surface area contributed by atoms with Gasteiger partial charge in [0.25, 0.3) is 0 Å². The van der Waals surface area contributed by atoms with Crippen LogP contribution in [0.5, 0.6) is 0 Å². The second-order valence-corrected chi connectivity index (χ2v) is 2.94. The molecule has 2 rings (SSSR count). The van der Waals surface area contributed by atoms with E-state index in [2.05, 4.69) is 6.58 Å². The van der Waals surface area contributed by atoms with Gasteiger partial charge in [-0.1, -0.05) is 36.9 Å². The van der Waals surface area contributed by atoms with E-state index in [-0.39, 0.29) is 7.12 Å². The van der Waals surface area contributed by atoms with E-state index in [1.54, 1.807) is 0 Å². The fourth-order valence-electron chi connectivity index (χ4n) is 1.34. The monoisotopic (exact) mass is 174 g/mol. The van der Waals surface area contributed by atoms with Crippen LogP contribution < -0.4 is 5.46 Å². The van der Waals surface area contributed by atoms with E-state index in [4.69, 9.17) is 9.31 Å². The lowest BCUT2D eigenvalue weighted by molar-refractivity contribution is 0.365. The molecule has 0 saturated carbocycles. The second-order valence-electron chi connectivity index (χ2n) is 2.94. The quantitative estimate of drug-likeness (QED) is 0.624. The van der Waals surface area contributed by atoms with Crippen LogP contribution in [-0.2, 0) is 9.31 Å². The smallest absolute Gasteiger partial charge is 0.405 e. The fourth-order valence-corrected chi connectivity index (χ4v) is 1.34. The molecule has 0 atom stereocenters. The van der Waals surface area contributed by atoms with E-state index in [1.807, 2.05) is 30.3 Å². The van der Waals surface area contributed by atoms with Gasteiger partial charge in [0.15, 0.2) is 0 Å². The first-order valence-electron chi connectivity index (χ1n) is 4.36. The summed E-state index contributed by atoms with van der Waals surface area (Å²) in [5.41, 5.74) is 2.19. The molecule has 1 saturated heterocycles. The van der Waals surface area contributed by atoms with Crippen LogP contribution in [0, 0.1) is 0 Å². The van der Waals surface area contributed by atoms with Gasteiger partial charge in [0.2, 0.25) is 0 Å². The van der Waals surface area contributed by atoms with E-state index in [9.17, 15) is 0 Å². The second kappa shape index (κ2) is 3.77. The van der Waals surface area contributed by atoms with Crippen molar-refractivity contribution >= 4 is 18.7 Å². The van der Waals surface area contributed by atoms with Crippen LogP contribution in [0.15, 0.2) is 30.8 Å². The standard InChI is InChI=1S/C10H11BO2/c1-2-9-3-5-10(6-4-9)11-12-7-8-13-11/h2-6H,1,7-8H2. The first kappa shape index (κ1) is 8.54. The van der Waals surface area contributed by atoms with Crippen LogP contribution in [0.1, 0.15) is 5.56 Å². The Kier molecular flexibility index (Phi) is 2.48. The minimum Gasteiger partial charge on any atom is -0.405 e. The minimum atomic E-state index is -0.168. The van der Waals surface area contributed by atoms with E-state index >= 15 is 0 Å². The van der Waals surface area contributed by atoms with Gasteiger partial charge in [-0.3, -0.25) is 0 Å². The zero-order valence-electron chi connectivity index (χ0n) is 7.40. The van der Waals surface area contributed by atoms with Crippen molar-refractivity contribution in [2.45, 2.75) is 0 Å². The van der Waals surface area contributed by atoms with E-state index < -0.39 is 0 Å². The van der Waals surface area contributed by atoms with Gasteiger partial charge in [0.05, 0.1) is 13.2 Å². The predicted molar refractivity (Wildman–Crippen MR) is 53.8 cm³/mol. The average Bonchev–Trinajstić information content (AvgIpc) is 2.71. The summed E-state index contributed by atoms with van der Waals surface area (Å²) < 4.78 is 10.7. The van der Waals surface area contributed by atoms with Crippen LogP contribution in [-0.4, -0.2) is 20.3 Å². The van der Waals surface area contributed by atoms with Gasteiger partial charge in [-0.2, -0.15) is 0 Å². The van der Waals surface area contributed by atoms with E-state index in [1.165, 1.54) is 0 Å². The molecule has 1 aromatic carbocycles. The molecular weight excluding hydrogens is 163 g/mol. The van der Waals surface area contributed by atoms with Crippen molar-refractivity contribution in [1.29, 1.82) is 0 Å². The molecule has 0 N–H and O–H groups in total. The van der Waals surface area contributed by atoms with Gasteiger partial charge in [-0.05, 0) is 11.0 Å². The summed E-state index contributed by atoms with van der Waals surface area (Å²) in [5, 5.41) is 0. The molecule has 0 aromatic heterocycles. The molecule has 0 radical (unpaired) electrons. The maximum atomic E-state index is 5.36. The maximum Gasteiger partial charge on any atom is 0.494 e. The largest absolute Gasteiger partial charge is 0.494 e. The Hall–Kier alpha value is -1.06. The summed E-state index contributed by atoms with van der Waals surface area (Å²) >= 11 is 0. The highest BCUT2D eigenvalue weighted by Crippen LogP contribution is 2.03. The fraction of sp³-hybridized carbons (Fsp3) is 0.200. The zero-order chi connectivity index (χ0) is 9.10. The summed E-state index contributed by atoms with van der Waals surface area (Å²) in [6, 6.07) is 8.03. The third-order valence-electron chi connectivity index (χ3n) is 2.07. The van der Waals surface area contributed by atoms with Crippen molar-refractivity contribution in [2.24, 2.45) is 0 Å². The Morgan fingerprint density at radius 2 is 1.77 bits per heavy atom. The summed E-state index contributed by atoms with van der Waals surface area (Å²) in [4.78, 5) is 0. The van der Waals surface area contributed by atoms with Crippen molar-refractivity contribution in [3.05, 3.63) is 36.4 Å². The zero-order valence-corrected chi connectivity index (χ0v) is 7.40. The van der Waals surface area contributed by atoms with E-state index in [0.717, 1.165) is 11.0 Å². The van der Waals surface area contributed by atoms with Gasteiger partial charge in [-0.15, -0.1) is 0 Å². The first-order chi connectivity index (χ1) is 6.40. The molecule has 1 fully saturated rings. The minimum absolute atomic E-state index is 0.168. The topological polar surface area (TPSA) is 18.5 Å². The van der Waals surface area contributed by atoms with Gasteiger partial charge in [0.1, 0.15) is 0 Å². The van der Waals surface area contributed by atoms with Crippen molar-refractivity contribution in [3.8, 4) is 0 Å². The molecule has 0 bridgehead atoms. The highest BCUT2D eigenvalue weighted by molar-refractivity contribution is 6.61. The molecule has 13 heavy (non-hydrogen) atoms. The highest BCUT2D eigenvalue weighted by Gasteiger charge is 2.25. The third kappa shape index (κ3) is 1.82. The SMILES string of the molecule is C=Cc1ccc(B2OCCO2)cc1. The molecule has 0 unspecified atom stereocenters. The molecule has 3 heteroatoms. The van der Waals surface area contributed by atoms with Crippen LogP contribution in [0.4, 0.5) is 0 Å². The van der Waals surface area contributed by atoms with Gasteiger partial charge in [-0.25, -0.2) is 0 Å². The third-order valence-corrected chi connectivity index (χ3v) is 2.07. The number of hydrogen-bond donors (Lipinski definition) is 0. The van der Waals surface area contributed by atoms with Gasteiger partial charge in [0, 0.05) is 0 Å². The Morgan fingerprint density at radius 1 is 1.15 bits per heavy atom. The molecule has 1 aromatic rings. The summed E-state index contributed by atoms with van der Waals surface area (Å²) in [7, 11) is -0.168. The number of benzene rings is 1.